The molecule has 2 rings (SSSR count). The van der Waals surface area contributed by atoms with E-state index in [1.807, 2.05) is 12.3 Å². The maximum Gasteiger partial charge on any atom is 0.133 e. The molecule has 0 aromatic carbocycles. The van der Waals surface area contributed by atoms with Gasteiger partial charge in [-0.1, -0.05) is 19.9 Å². The number of anilines is 1. The fourth-order valence-electron chi connectivity index (χ4n) is 2.32. The molecule has 1 aliphatic rings. The van der Waals surface area contributed by atoms with Crippen molar-refractivity contribution in [3.05, 3.63) is 23.9 Å². The van der Waals surface area contributed by atoms with Crippen molar-refractivity contribution in [3.8, 4) is 0 Å². The van der Waals surface area contributed by atoms with Gasteiger partial charge in [-0.3, -0.25) is 0 Å². The zero-order valence-electron chi connectivity index (χ0n) is 11.5. The Balaban J connectivity index is 2.20. The summed E-state index contributed by atoms with van der Waals surface area (Å²) in [5.41, 5.74) is 1.31. The molecule has 1 fully saturated rings. The van der Waals surface area contributed by atoms with Crippen molar-refractivity contribution < 1.29 is 0 Å². The topological polar surface area (TPSA) is 28.2 Å². The third kappa shape index (κ3) is 2.98. The van der Waals surface area contributed by atoms with Gasteiger partial charge in [0, 0.05) is 41.9 Å². The molecule has 0 radical (unpaired) electrons. The number of thioether (sulfide) groups is 1. The van der Waals surface area contributed by atoms with Crippen molar-refractivity contribution in [3.63, 3.8) is 0 Å². The third-order valence-corrected chi connectivity index (χ3v) is 4.93. The van der Waals surface area contributed by atoms with Crippen molar-refractivity contribution in [2.75, 3.05) is 23.7 Å². The van der Waals surface area contributed by atoms with E-state index in [-0.39, 0.29) is 0 Å². The van der Waals surface area contributed by atoms with Crippen LogP contribution in [0.2, 0.25) is 0 Å². The van der Waals surface area contributed by atoms with Gasteiger partial charge in [-0.15, -0.1) is 0 Å². The van der Waals surface area contributed by atoms with Crippen molar-refractivity contribution in [2.45, 2.75) is 38.6 Å². The standard InChI is InChI=1S/C14H23N3S/c1-4-15-10-13-6-5-7-16-14(13)17-8-9-18-12(3)11(17)2/h5-7,11-12,15H,4,8-10H2,1-3H3. The van der Waals surface area contributed by atoms with E-state index in [4.69, 9.17) is 0 Å². The molecule has 1 aromatic heterocycles. The lowest BCUT2D eigenvalue weighted by atomic mass is 10.1. The van der Waals surface area contributed by atoms with Gasteiger partial charge in [0.25, 0.3) is 0 Å². The molecule has 2 atom stereocenters. The van der Waals surface area contributed by atoms with Crippen LogP contribution in [0, 0.1) is 0 Å². The SMILES string of the molecule is CCNCc1cccnc1N1CCSC(C)C1C. The van der Waals surface area contributed by atoms with Gasteiger partial charge in [0.05, 0.1) is 0 Å². The van der Waals surface area contributed by atoms with Gasteiger partial charge in [0.15, 0.2) is 0 Å². The highest BCUT2D eigenvalue weighted by atomic mass is 32.2. The maximum absolute atomic E-state index is 4.62. The van der Waals surface area contributed by atoms with Gasteiger partial charge >= 0.3 is 0 Å². The fraction of sp³-hybridized carbons (Fsp3) is 0.643. The second kappa shape index (κ2) is 6.43. The van der Waals surface area contributed by atoms with Crippen LogP contribution in [0.3, 0.4) is 0 Å². The van der Waals surface area contributed by atoms with Crippen molar-refractivity contribution in [1.29, 1.82) is 0 Å². The average Bonchev–Trinajstić information content (AvgIpc) is 2.40. The molecule has 2 heterocycles. The van der Waals surface area contributed by atoms with E-state index in [2.05, 4.69) is 53.8 Å². The Bertz CT molecular complexity index is 383. The zero-order valence-corrected chi connectivity index (χ0v) is 12.3. The van der Waals surface area contributed by atoms with Crippen molar-refractivity contribution in [1.82, 2.24) is 10.3 Å². The summed E-state index contributed by atoms with van der Waals surface area (Å²) in [6.45, 7) is 9.77. The predicted octanol–water partition coefficient (Wildman–Crippen LogP) is 2.52. The molecule has 3 nitrogen and oxygen atoms in total. The molecule has 4 heteroatoms. The predicted molar refractivity (Wildman–Crippen MR) is 80.3 cm³/mol. The molecule has 1 saturated heterocycles. The fourth-order valence-corrected chi connectivity index (χ4v) is 3.42. The summed E-state index contributed by atoms with van der Waals surface area (Å²) in [7, 11) is 0. The first-order valence-electron chi connectivity index (χ1n) is 6.77. The van der Waals surface area contributed by atoms with Gasteiger partial charge in [-0.25, -0.2) is 4.98 Å². The van der Waals surface area contributed by atoms with Crippen LogP contribution in [0.1, 0.15) is 26.3 Å². The van der Waals surface area contributed by atoms with Crippen molar-refractivity contribution >= 4 is 17.6 Å². The van der Waals surface area contributed by atoms with Gasteiger partial charge < -0.3 is 10.2 Å². The molecule has 1 N–H and O–H groups in total. The normalized spacial score (nSPS) is 24.3. The van der Waals surface area contributed by atoms with E-state index >= 15 is 0 Å². The van der Waals surface area contributed by atoms with Crippen LogP contribution in [0.4, 0.5) is 5.82 Å². The van der Waals surface area contributed by atoms with Crippen LogP contribution in [0.15, 0.2) is 18.3 Å². The quantitative estimate of drug-likeness (QED) is 0.905. The lowest BCUT2D eigenvalue weighted by Crippen LogP contribution is -2.45. The molecule has 1 aromatic rings. The van der Waals surface area contributed by atoms with E-state index < -0.39 is 0 Å². The Kier molecular flexibility index (Phi) is 4.89. The van der Waals surface area contributed by atoms with Gasteiger partial charge in [0.1, 0.15) is 5.82 Å². The van der Waals surface area contributed by atoms with E-state index in [1.165, 1.54) is 11.3 Å². The lowest BCUT2D eigenvalue weighted by molar-refractivity contribution is 0.613. The van der Waals surface area contributed by atoms with Crippen LogP contribution in [0.25, 0.3) is 0 Å². The Labute approximate surface area is 114 Å². The highest BCUT2D eigenvalue weighted by molar-refractivity contribution is 8.00. The number of nitrogens with one attached hydrogen (secondary N) is 1. The summed E-state index contributed by atoms with van der Waals surface area (Å²) in [5.74, 6) is 2.36. The summed E-state index contributed by atoms with van der Waals surface area (Å²) in [6.07, 6.45) is 1.91. The first-order valence-corrected chi connectivity index (χ1v) is 7.81. The van der Waals surface area contributed by atoms with Gasteiger partial charge in [-0.05, 0) is 19.5 Å². The van der Waals surface area contributed by atoms with Crippen LogP contribution in [-0.2, 0) is 6.54 Å². The lowest BCUT2D eigenvalue weighted by Gasteiger charge is -2.39. The van der Waals surface area contributed by atoms with Crippen LogP contribution >= 0.6 is 11.8 Å². The molecule has 0 saturated carbocycles. The largest absolute Gasteiger partial charge is 0.352 e. The number of hydrogen-bond acceptors (Lipinski definition) is 4. The van der Waals surface area contributed by atoms with Crippen LogP contribution in [0.5, 0.6) is 0 Å². The highest BCUT2D eigenvalue weighted by Gasteiger charge is 2.27. The number of rotatable bonds is 4. The van der Waals surface area contributed by atoms with Gasteiger partial charge in [0.2, 0.25) is 0 Å². The number of hydrogen-bond donors (Lipinski definition) is 1. The minimum atomic E-state index is 0.555. The van der Waals surface area contributed by atoms with Crippen LogP contribution < -0.4 is 10.2 Å². The molecule has 0 aliphatic carbocycles. The molecule has 2 unspecified atom stereocenters. The number of pyridine rings is 1. The van der Waals surface area contributed by atoms with E-state index in [1.54, 1.807) is 0 Å². The Morgan fingerprint density at radius 1 is 1.50 bits per heavy atom. The first kappa shape index (κ1) is 13.7. The molecule has 0 amide bonds. The Morgan fingerprint density at radius 3 is 3.11 bits per heavy atom. The molecule has 18 heavy (non-hydrogen) atoms. The molecular formula is C14H23N3S. The van der Waals surface area contributed by atoms with Crippen molar-refractivity contribution in [2.24, 2.45) is 0 Å². The average molecular weight is 265 g/mol. The summed E-state index contributed by atoms with van der Waals surface area (Å²) in [5, 5.41) is 4.07. The first-order chi connectivity index (χ1) is 8.74. The third-order valence-electron chi connectivity index (χ3n) is 3.59. The molecule has 0 bridgehead atoms. The smallest absolute Gasteiger partial charge is 0.133 e. The molecule has 1 aliphatic heterocycles. The zero-order chi connectivity index (χ0) is 13.0. The summed E-state index contributed by atoms with van der Waals surface area (Å²) < 4.78 is 0. The summed E-state index contributed by atoms with van der Waals surface area (Å²) in [4.78, 5) is 7.08. The molecule has 100 valence electrons. The molecular weight excluding hydrogens is 242 g/mol. The monoisotopic (exact) mass is 265 g/mol. The number of nitrogens with zero attached hydrogens (tertiary/aromatic N) is 2. The minimum absolute atomic E-state index is 0.555. The minimum Gasteiger partial charge on any atom is -0.352 e. The Hall–Kier alpha value is -0.740. The second-order valence-electron chi connectivity index (χ2n) is 4.78. The maximum atomic E-state index is 4.62. The number of aromatic nitrogens is 1. The van der Waals surface area contributed by atoms with E-state index in [9.17, 15) is 0 Å². The summed E-state index contributed by atoms with van der Waals surface area (Å²) >= 11 is 2.06. The van der Waals surface area contributed by atoms with Gasteiger partial charge in [-0.2, -0.15) is 11.8 Å². The highest BCUT2D eigenvalue weighted by Crippen LogP contribution is 2.29. The van der Waals surface area contributed by atoms with Crippen LogP contribution in [-0.4, -0.2) is 35.1 Å². The second-order valence-corrected chi connectivity index (χ2v) is 6.26. The van der Waals surface area contributed by atoms with E-state index in [0.717, 1.165) is 25.5 Å². The molecule has 0 spiro atoms. The van der Waals surface area contributed by atoms with E-state index in [0.29, 0.717) is 11.3 Å². The Morgan fingerprint density at radius 2 is 2.33 bits per heavy atom. The summed E-state index contributed by atoms with van der Waals surface area (Å²) in [6, 6.07) is 4.77.